The number of carbonyl (C=O) groups excluding carboxylic acids is 1. The van der Waals surface area contributed by atoms with Crippen molar-refractivity contribution < 1.29 is 17.9 Å². The molecule has 0 bridgehead atoms. The predicted molar refractivity (Wildman–Crippen MR) is 136 cm³/mol. The number of aromatic nitrogens is 4. The molecule has 0 N–H and O–H groups in total. The van der Waals surface area contributed by atoms with Crippen LogP contribution in [-0.4, -0.2) is 46.1 Å². The highest BCUT2D eigenvalue weighted by molar-refractivity contribution is 7.92. The number of nitrogens with zero attached hydrogens (tertiary/aromatic N) is 4. The number of rotatable bonds is 3. The van der Waals surface area contributed by atoms with E-state index >= 15 is 0 Å². The maximum Gasteiger partial charge on any atom is 0.419 e. The number of pyridine rings is 1. The predicted octanol–water partition coefficient (Wildman–Crippen LogP) is 5.56. The molecule has 0 saturated carbocycles. The summed E-state index contributed by atoms with van der Waals surface area (Å²) in [5.74, 6) is 0. The quantitative estimate of drug-likeness (QED) is 0.315. The van der Waals surface area contributed by atoms with Crippen molar-refractivity contribution in [2.45, 2.75) is 30.7 Å². The second-order valence-corrected chi connectivity index (χ2v) is 12.4. The highest BCUT2D eigenvalue weighted by Crippen LogP contribution is 2.36. The minimum Gasteiger partial charge on any atom is -0.443 e. The van der Waals surface area contributed by atoms with Crippen LogP contribution in [0.15, 0.2) is 65.3 Å². The van der Waals surface area contributed by atoms with Gasteiger partial charge >= 0.3 is 6.09 Å². The van der Waals surface area contributed by atoms with Crippen LogP contribution in [0.25, 0.3) is 43.5 Å². The molecule has 5 aromatic rings. The Morgan fingerprint density at radius 3 is 2.51 bits per heavy atom. The van der Waals surface area contributed by atoms with Gasteiger partial charge in [-0.1, -0.05) is 29.5 Å². The number of sulfone groups is 1. The fourth-order valence-corrected chi connectivity index (χ4v) is 5.35. The monoisotopic (exact) mass is 506 g/mol. The third-order valence-corrected chi connectivity index (χ3v) is 7.91. The highest BCUT2D eigenvalue weighted by Gasteiger charge is 2.23. The normalized spacial score (nSPS) is 12.3. The molecule has 3 heterocycles. The minimum atomic E-state index is -3.46. The van der Waals surface area contributed by atoms with Crippen molar-refractivity contribution in [3.8, 4) is 21.7 Å². The topological polar surface area (TPSA) is 104 Å². The molecule has 2 aromatic carbocycles. The van der Waals surface area contributed by atoms with Gasteiger partial charge in [0.25, 0.3) is 0 Å². The first-order valence-corrected chi connectivity index (χ1v) is 13.5. The summed E-state index contributed by atoms with van der Waals surface area (Å²) in [5, 5.41) is 10.1. The van der Waals surface area contributed by atoms with Gasteiger partial charge in [-0.2, -0.15) is 0 Å². The Kier molecular flexibility index (Phi) is 5.45. The Balaban J connectivity index is 1.71. The van der Waals surface area contributed by atoms with Crippen molar-refractivity contribution in [2.24, 2.45) is 0 Å². The van der Waals surface area contributed by atoms with Gasteiger partial charge in [-0.3, -0.25) is 9.55 Å². The fourth-order valence-electron chi connectivity index (χ4n) is 3.75. The summed E-state index contributed by atoms with van der Waals surface area (Å²) < 4.78 is 30.8. The zero-order chi connectivity index (χ0) is 25.0. The van der Waals surface area contributed by atoms with Crippen LogP contribution in [0.4, 0.5) is 4.79 Å². The first kappa shape index (κ1) is 23.1. The molecule has 0 fully saturated rings. The van der Waals surface area contributed by atoms with Gasteiger partial charge in [0.2, 0.25) is 14.2 Å². The first-order valence-electron chi connectivity index (χ1n) is 10.8. The second-order valence-electron chi connectivity index (χ2n) is 9.19. The van der Waals surface area contributed by atoms with E-state index in [0.29, 0.717) is 16.1 Å². The number of hydrogen-bond donors (Lipinski definition) is 0. The lowest BCUT2D eigenvalue weighted by atomic mass is 10.0. The summed E-state index contributed by atoms with van der Waals surface area (Å²) in [4.78, 5) is 17.6. The summed E-state index contributed by atoms with van der Waals surface area (Å²) in [6.07, 6.45) is 4.13. The van der Waals surface area contributed by atoms with E-state index in [1.807, 2.05) is 57.2 Å². The largest absolute Gasteiger partial charge is 0.443 e. The molecule has 0 radical (unpaired) electrons. The molecular formula is C25H22N4O4S2. The van der Waals surface area contributed by atoms with Gasteiger partial charge in [0, 0.05) is 46.1 Å². The van der Waals surface area contributed by atoms with Crippen molar-refractivity contribution in [3.05, 3.63) is 60.9 Å². The maximum absolute atomic E-state index is 13.0. The van der Waals surface area contributed by atoms with E-state index in [1.165, 1.54) is 4.57 Å². The number of benzene rings is 2. The van der Waals surface area contributed by atoms with Crippen LogP contribution in [0.1, 0.15) is 20.8 Å². The van der Waals surface area contributed by atoms with E-state index in [9.17, 15) is 13.2 Å². The number of carbonyl (C=O) groups is 1. The molecule has 0 aliphatic carbocycles. The number of fused-ring (bicyclic) bond motifs is 2. The van der Waals surface area contributed by atoms with Crippen LogP contribution >= 0.6 is 11.3 Å². The van der Waals surface area contributed by atoms with Crippen LogP contribution < -0.4 is 0 Å². The lowest BCUT2D eigenvalue weighted by molar-refractivity contribution is 0.0544. The molecule has 0 saturated heterocycles. The highest BCUT2D eigenvalue weighted by atomic mass is 32.2. The molecule has 10 heteroatoms. The second kappa shape index (κ2) is 8.24. The lowest BCUT2D eigenvalue weighted by Crippen LogP contribution is -2.26. The van der Waals surface area contributed by atoms with Gasteiger partial charge in [-0.15, -0.1) is 10.2 Å². The van der Waals surface area contributed by atoms with Gasteiger partial charge in [-0.05, 0) is 51.1 Å². The van der Waals surface area contributed by atoms with E-state index in [-0.39, 0.29) is 4.34 Å². The summed E-state index contributed by atoms with van der Waals surface area (Å²) in [5.41, 5.74) is 3.18. The number of ether oxygens (including phenoxy) is 1. The Hall–Kier alpha value is -3.63. The third-order valence-electron chi connectivity index (χ3n) is 5.27. The molecule has 35 heavy (non-hydrogen) atoms. The van der Waals surface area contributed by atoms with Gasteiger partial charge < -0.3 is 4.74 Å². The molecule has 5 rings (SSSR count). The lowest BCUT2D eigenvalue weighted by Gasteiger charge is -2.19. The number of hydrogen-bond acceptors (Lipinski definition) is 8. The smallest absolute Gasteiger partial charge is 0.419 e. The summed E-state index contributed by atoms with van der Waals surface area (Å²) in [6.45, 7) is 5.45. The molecule has 3 aromatic heterocycles. The summed E-state index contributed by atoms with van der Waals surface area (Å²) >= 11 is 1.01. The van der Waals surface area contributed by atoms with Crippen molar-refractivity contribution in [3.63, 3.8) is 0 Å². The molecule has 0 unspecified atom stereocenters. The zero-order valence-corrected chi connectivity index (χ0v) is 21.1. The standard InChI is InChI=1S/C25H22N4O4S2/c1-25(2,3)33-24(30)29-14-19(17-11-15-7-5-6-8-20(15)26-13-17)18-12-16(9-10-21(18)29)22-27-28-23(34-22)35(4,31)32/h5-14H,1-4H3. The Morgan fingerprint density at radius 1 is 1.03 bits per heavy atom. The molecule has 0 spiro atoms. The van der Waals surface area contributed by atoms with Crippen LogP contribution in [-0.2, 0) is 14.6 Å². The Morgan fingerprint density at radius 2 is 1.80 bits per heavy atom. The van der Waals surface area contributed by atoms with E-state index in [0.717, 1.165) is 45.0 Å². The first-order chi connectivity index (χ1) is 16.5. The molecule has 0 aliphatic rings. The van der Waals surface area contributed by atoms with Gasteiger partial charge in [0.05, 0.1) is 11.0 Å². The van der Waals surface area contributed by atoms with Gasteiger partial charge in [0.1, 0.15) is 10.6 Å². The maximum atomic E-state index is 13.0. The van der Waals surface area contributed by atoms with E-state index in [4.69, 9.17) is 4.74 Å². The van der Waals surface area contributed by atoms with Gasteiger partial charge in [-0.25, -0.2) is 13.2 Å². The van der Waals surface area contributed by atoms with Crippen molar-refractivity contribution in [1.29, 1.82) is 0 Å². The van der Waals surface area contributed by atoms with Crippen LogP contribution in [0.2, 0.25) is 0 Å². The molecular weight excluding hydrogens is 484 g/mol. The third kappa shape index (κ3) is 4.54. The molecule has 0 aliphatic heterocycles. The van der Waals surface area contributed by atoms with Crippen LogP contribution in [0, 0.1) is 0 Å². The van der Waals surface area contributed by atoms with Gasteiger partial charge in [0.15, 0.2) is 0 Å². The molecule has 8 nitrogen and oxygen atoms in total. The summed E-state index contributed by atoms with van der Waals surface area (Å²) in [6, 6.07) is 15.3. The molecule has 0 amide bonds. The van der Waals surface area contributed by atoms with Crippen molar-refractivity contribution in [2.75, 3.05) is 6.26 Å². The summed E-state index contributed by atoms with van der Waals surface area (Å²) in [7, 11) is -3.46. The molecule has 178 valence electrons. The zero-order valence-electron chi connectivity index (χ0n) is 19.5. The Labute approximate surface area is 206 Å². The van der Waals surface area contributed by atoms with E-state index in [2.05, 4.69) is 15.2 Å². The Bertz CT molecular complexity index is 1710. The average molecular weight is 507 g/mol. The van der Waals surface area contributed by atoms with Crippen LogP contribution in [0.5, 0.6) is 0 Å². The van der Waals surface area contributed by atoms with E-state index < -0.39 is 21.5 Å². The van der Waals surface area contributed by atoms with E-state index in [1.54, 1.807) is 24.5 Å². The fraction of sp³-hybridized carbons (Fsp3) is 0.200. The average Bonchev–Trinajstić information content (AvgIpc) is 3.43. The molecule has 0 atom stereocenters. The van der Waals surface area contributed by atoms with Crippen LogP contribution in [0.3, 0.4) is 0 Å². The van der Waals surface area contributed by atoms with Crippen molar-refractivity contribution >= 4 is 49.1 Å². The SMILES string of the molecule is CC(C)(C)OC(=O)n1cc(-c2cnc3ccccc3c2)c2cc(-c3nnc(S(C)(=O)=O)s3)ccc21. The number of para-hydroxylation sites is 1. The minimum absolute atomic E-state index is 0.0436. The van der Waals surface area contributed by atoms with Crippen molar-refractivity contribution in [1.82, 2.24) is 19.7 Å².